The van der Waals surface area contributed by atoms with Gasteiger partial charge >= 0.3 is 0 Å². The van der Waals surface area contributed by atoms with Gasteiger partial charge in [0.05, 0.1) is 0 Å². The molecule has 1 rings (SSSR count). The van der Waals surface area contributed by atoms with Gasteiger partial charge in [0.25, 0.3) is 0 Å². The number of hydrogen-bond acceptors (Lipinski definition) is 2. The molecule has 0 bridgehead atoms. The molecule has 0 saturated carbocycles. The summed E-state index contributed by atoms with van der Waals surface area (Å²) in [5.74, 6) is 0. The third-order valence-electron chi connectivity index (χ3n) is 3.31. The molecular formula is C18H28N2. The van der Waals surface area contributed by atoms with E-state index in [4.69, 9.17) is 5.73 Å². The molecule has 2 nitrogen and oxygen atoms in total. The predicted octanol–water partition coefficient (Wildman–Crippen LogP) is 4.40. The first-order valence-electron chi connectivity index (χ1n) is 7.52. The van der Waals surface area contributed by atoms with Crippen molar-refractivity contribution in [2.45, 2.75) is 52.1 Å². The first-order valence-corrected chi connectivity index (χ1v) is 7.52. The van der Waals surface area contributed by atoms with Crippen molar-refractivity contribution in [3.8, 4) is 0 Å². The minimum atomic E-state index is 0.0831. The second-order valence-electron chi connectivity index (χ2n) is 5.39. The van der Waals surface area contributed by atoms with Crippen molar-refractivity contribution in [1.82, 2.24) is 5.32 Å². The fourth-order valence-corrected chi connectivity index (χ4v) is 2.09. The van der Waals surface area contributed by atoms with Gasteiger partial charge in [-0.05, 0) is 37.8 Å². The van der Waals surface area contributed by atoms with Gasteiger partial charge in [-0.15, -0.1) is 6.58 Å². The molecular weight excluding hydrogens is 244 g/mol. The van der Waals surface area contributed by atoms with Crippen LogP contribution in [0.1, 0.15) is 57.2 Å². The Hall–Kier alpha value is -1.54. The summed E-state index contributed by atoms with van der Waals surface area (Å²) in [6, 6.07) is 8.99. The molecule has 3 N–H and O–H groups in total. The van der Waals surface area contributed by atoms with E-state index in [9.17, 15) is 0 Å². The van der Waals surface area contributed by atoms with Gasteiger partial charge < -0.3 is 11.1 Å². The Morgan fingerprint density at radius 1 is 1.30 bits per heavy atom. The van der Waals surface area contributed by atoms with Gasteiger partial charge in [0, 0.05) is 17.8 Å². The molecule has 1 unspecified atom stereocenters. The lowest BCUT2D eigenvalue weighted by atomic mass is 10.0. The number of benzene rings is 1. The quantitative estimate of drug-likeness (QED) is 0.688. The van der Waals surface area contributed by atoms with Crippen LogP contribution in [0, 0.1) is 0 Å². The summed E-state index contributed by atoms with van der Waals surface area (Å²) in [6.07, 6.45) is 7.42. The van der Waals surface area contributed by atoms with Crippen molar-refractivity contribution in [3.63, 3.8) is 0 Å². The zero-order valence-corrected chi connectivity index (χ0v) is 13.0. The number of allylic oxidation sites excluding steroid dienone is 1. The van der Waals surface area contributed by atoms with Crippen LogP contribution < -0.4 is 11.1 Å². The van der Waals surface area contributed by atoms with E-state index in [1.807, 2.05) is 13.0 Å². The molecule has 1 aromatic rings. The molecule has 0 amide bonds. The first kappa shape index (κ1) is 16.5. The highest BCUT2D eigenvalue weighted by molar-refractivity contribution is 5.64. The smallest absolute Gasteiger partial charge is 0.0375 e. The number of nitrogens with one attached hydrogen (secondary N) is 1. The lowest BCUT2D eigenvalue weighted by Gasteiger charge is -2.18. The van der Waals surface area contributed by atoms with Gasteiger partial charge in [0.15, 0.2) is 0 Å². The van der Waals surface area contributed by atoms with Crippen LogP contribution >= 0.6 is 0 Å². The molecule has 0 radical (unpaired) electrons. The predicted molar refractivity (Wildman–Crippen MR) is 89.3 cm³/mol. The van der Waals surface area contributed by atoms with Crippen molar-refractivity contribution in [3.05, 3.63) is 54.1 Å². The summed E-state index contributed by atoms with van der Waals surface area (Å²) in [4.78, 5) is 0. The Kier molecular flexibility index (Phi) is 7.10. The minimum absolute atomic E-state index is 0.0831. The van der Waals surface area contributed by atoms with E-state index >= 15 is 0 Å². The van der Waals surface area contributed by atoms with Gasteiger partial charge in [-0.2, -0.15) is 0 Å². The number of nitrogens with two attached hydrogens (primary N) is 1. The first-order chi connectivity index (χ1) is 9.58. The molecule has 0 spiro atoms. The Morgan fingerprint density at radius 2 is 1.95 bits per heavy atom. The summed E-state index contributed by atoms with van der Waals surface area (Å²) in [7, 11) is 0. The number of hydrogen-bond donors (Lipinski definition) is 2. The Bertz CT molecular complexity index is 429. The van der Waals surface area contributed by atoms with E-state index in [2.05, 4.69) is 56.1 Å². The maximum atomic E-state index is 5.90. The number of rotatable bonds is 8. The molecule has 0 aliphatic carbocycles. The van der Waals surface area contributed by atoms with Gasteiger partial charge in [-0.25, -0.2) is 0 Å². The molecule has 2 atom stereocenters. The van der Waals surface area contributed by atoms with E-state index in [-0.39, 0.29) is 6.04 Å². The summed E-state index contributed by atoms with van der Waals surface area (Å²) >= 11 is 0. The van der Waals surface area contributed by atoms with E-state index in [1.165, 1.54) is 16.8 Å². The molecule has 110 valence electrons. The largest absolute Gasteiger partial charge is 0.382 e. The molecule has 0 aliphatic heterocycles. The highest BCUT2D eigenvalue weighted by atomic mass is 14.9. The van der Waals surface area contributed by atoms with Crippen LogP contribution in [0.4, 0.5) is 0 Å². The molecule has 0 fully saturated rings. The van der Waals surface area contributed by atoms with Gasteiger partial charge in [0.1, 0.15) is 0 Å². The third-order valence-corrected chi connectivity index (χ3v) is 3.31. The molecule has 20 heavy (non-hydrogen) atoms. The highest BCUT2D eigenvalue weighted by Crippen LogP contribution is 2.18. The van der Waals surface area contributed by atoms with Crippen molar-refractivity contribution >= 4 is 5.70 Å². The van der Waals surface area contributed by atoms with Crippen LogP contribution in [-0.4, -0.2) is 6.04 Å². The normalized spacial score (nSPS) is 14.7. The Labute approximate surface area is 123 Å². The fraction of sp³-hybridized carbons (Fsp3) is 0.444. The van der Waals surface area contributed by atoms with Gasteiger partial charge in [-0.3, -0.25) is 0 Å². The van der Waals surface area contributed by atoms with Crippen LogP contribution in [0.5, 0.6) is 0 Å². The minimum Gasteiger partial charge on any atom is -0.382 e. The third kappa shape index (κ3) is 5.22. The molecule has 0 aliphatic rings. The Morgan fingerprint density at radius 3 is 2.45 bits per heavy atom. The van der Waals surface area contributed by atoms with E-state index < -0.39 is 0 Å². The maximum Gasteiger partial charge on any atom is 0.0375 e. The second kappa shape index (κ2) is 8.60. The lowest BCUT2D eigenvalue weighted by Crippen LogP contribution is -2.24. The van der Waals surface area contributed by atoms with Gasteiger partial charge in [0.2, 0.25) is 0 Å². The average Bonchev–Trinajstić information content (AvgIpc) is 2.44. The molecule has 0 saturated heterocycles. The zero-order chi connectivity index (χ0) is 15.0. The SMILES string of the molecule is C=CCC(C)N/C(=C/CCC)c1ccc([C@H](C)N)cc1. The van der Waals surface area contributed by atoms with Crippen LogP contribution in [0.2, 0.25) is 0 Å². The summed E-state index contributed by atoms with van der Waals surface area (Å²) < 4.78 is 0. The maximum absolute atomic E-state index is 5.90. The van der Waals surface area contributed by atoms with Crippen LogP contribution in [0.3, 0.4) is 0 Å². The van der Waals surface area contributed by atoms with E-state index in [0.29, 0.717) is 6.04 Å². The number of unbranched alkanes of at least 4 members (excludes halogenated alkanes) is 1. The van der Waals surface area contributed by atoms with Gasteiger partial charge in [-0.1, -0.05) is 49.8 Å². The lowest BCUT2D eigenvalue weighted by molar-refractivity contribution is 0.660. The monoisotopic (exact) mass is 272 g/mol. The second-order valence-corrected chi connectivity index (χ2v) is 5.39. The molecule has 1 aromatic carbocycles. The zero-order valence-electron chi connectivity index (χ0n) is 13.0. The highest BCUT2D eigenvalue weighted by Gasteiger charge is 2.06. The summed E-state index contributed by atoms with van der Waals surface area (Å²) in [5, 5.41) is 3.58. The van der Waals surface area contributed by atoms with E-state index in [0.717, 1.165) is 19.3 Å². The molecule has 2 heteroatoms. The molecule has 0 aromatic heterocycles. The van der Waals surface area contributed by atoms with Crippen molar-refractivity contribution in [2.24, 2.45) is 5.73 Å². The molecule has 0 heterocycles. The van der Waals surface area contributed by atoms with Crippen molar-refractivity contribution in [2.75, 3.05) is 0 Å². The fourth-order valence-electron chi connectivity index (χ4n) is 2.09. The van der Waals surface area contributed by atoms with Crippen molar-refractivity contribution in [1.29, 1.82) is 0 Å². The average molecular weight is 272 g/mol. The van der Waals surface area contributed by atoms with Crippen LogP contribution in [0.15, 0.2) is 43.0 Å². The van der Waals surface area contributed by atoms with Crippen LogP contribution in [-0.2, 0) is 0 Å². The Balaban J connectivity index is 2.89. The van der Waals surface area contributed by atoms with Crippen molar-refractivity contribution < 1.29 is 0 Å². The summed E-state index contributed by atoms with van der Waals surface area (Å²) in [5.41, 5.74) is 9.50. The van der Waals surface area contributed by atoms with E-state index in [1.54, 1.807) is 0 Å². The summed E-state index contributed by atoms with van der Waals surface area (Å²) in [6.45, 7) is 10.2. The topological polar surface area (TPSA) is 38.0 Å². The standard InChI is InChI=1S/C18H28N2/c1-5-7-9-18(20-14(3)8-6-2)17-12-10-16(11-13-17)15(4)19/h6,9-15,20H,2,5,7-8,19H2,1,3-4H3/b18-9+/t14?,15-/m0/s1. The van der Waals surface area contributed by atoms with Crippen LogP contribution in [0.25, 0.3) is 5.70 Å².